The van der Waals surface area contributed by atoms with Crippen LogP contribution in [-0.4, -0.2) is 9.97 Å². The van der Waals surface area contributed by atoms with Crippen molar-refractivity contribution in [3.05, 3.63) is 89.8 Å². The van der Waals surface area contributed by atoms with E-state index >= 15 is 0 Å². The molecule has 0 aliphatic heterocycles. The summed E-state index contributed by atoms with van der Waals surface area (Å²) < 4.78 is 13.5. The molecule has 0 bridgehead atoms. The summed E-state index contributed by atoms with van der Waals surface area (Å²) in [5.41, 5.74) is 1.99. The zero-order valence-corrected chi connectivity index (χ0v) is 11.5. The molecular formula is C17H16FN3. The molecule has 21 heavy (non-hydrogen) atoms. The normalized spacial score (nSPS) is 12.2. The Morgan fingerprint density at radius 2 is 1.86 bits per heavy atom. The summed E-state index contributed by atoms with van der Waals surface area (Å²) in [5, 5.41) is 3.42. The quantitative estimate of drug-likeness (QED) is 0.752. The summed E-state index contributed by atoms with van der Waals surface area (Å²) in [7, 11) is 0. The lowest BCUT2D eigenvalue weighted by atomic mass is 9.98. The SMILES string of the molecule is Fc1cccc(C(NCc2ncc[nH]2)c2ccccc2)c1. The number of aromatic nitrogens is 2. The van der Waals surface area contributed by atoms with Gasteiger partial charge in [-0.25, -0.2) is 9.37 Å². The molecule has 3 rings (SSSR count). The first-order valence-corrected chi connectivity index (χ1v) is 6.85. The topological polar surface area (TPSA) is 40.7 Å². The maximum absolute atomic E-state index is 13.5. The molecule has 0 aliphatic carbocycles. The van der Waals surface area contributed by atoms with Crippen molar-refractivity contribution in [2.24, 2.45) is 0 Å². The van der Waals surface area contributed by atoms with Gasteiger partial charge < -0.3 is 4.98 Å². The lowest BCUT2D eigenvalue weighted by Gasteiger charge is -2.19. The van der Waals surface area contributed by atoms with E-state index in [1.807, 2.05) is 36.4 Å². The summed E-state index contributed by atoms with van der Waals surface area (Å²) in [6, 6.07) is 16.6. The fourth-order valence-corrected chi connectivity index (χ4v) is 2.35. The molecule has 106 valence electrons. The zero-order chi connectivity index (χ0) is 14.5. The van der Waals surface area contributed by atoms with Gasteiger partial charge in [0.2, 0.25) is 0 Å². The van der Waals surface area contributed by atoms with Gasteiger partial charge in [-0.2, -0.15) is 0 Å². The van der Waals surface area contributed by atoms with Gasteiger partial charge in [-0.3, -0.25) is 5.32 Å². The number of nitrogens with zero attached hydrogens (tertiary/aromatic N) is 1. The zero-order valence-electron chi connectivity index (χ0n) is 11.5. The second-order valence-corrected chi connectivity index (χ2v) is 4.82. The van der Waals surface area contributed by atoms with Gasteiger partial charge in [0.1, 0.15) is 11.6 Å². The van der Waals surface area contributed by atoms with Gasteiger partial charge in [-0.15, -0.1) is 0 Å². The minimum atomic E-state index is -0.228. The average Bonchev–Trinajstić information content (AvgIpc) is 3.02. The van der Waals surface area contributed by atoms with Crippen LogP contribution >= 0.6 is 0 Å². The van der Waals surface area contributed by atoms with Crippen molar-refractivity contribution in [1.29, 1.82) is 0 Å². The van der Waals surface area contributed by atoms with Gasteiger partial charge in [-0.05, 0) is 23.3 Å². The van der Waals surface area contributed by atoms with Gasteiger partial charge in [0, 0.05) is 12.4 Å². The van der Waals surface area contributed by atoms with E-state index < -0.39 is 0 Å². The van der Waals surface area contributed by atoms with Gasteiger partial charge in [-0.1, -0.05) is 42.5 Å². The summed E-state index contributed by atoms with van der Waals surface area (Å²) in [6.45, 7) is 0.586. The molecule has 3 aromatic rings. The number of aromatic amines is 1. The van der Waals surface area contributed by atoms with Crippen molar-refractivity contribution in [3.8, 4) is 0 Å². The Balaban J connectivity index is 1.87. The maximum atomic E-state index is 13.5. The Morgan fingerprint density at radius 1 is 1.05 bits per heavy atom. The standard InChI is InChI=1S/C17H16FN3/c18-15-8-4-7-14(11-15)17(13-5-2-1-3-6-13)21-12-16-19-9-10-20-16/h1-11,17,21H,12H2,(H,19,20). The van der Waals surface area contributed by atoms with Crippen molar-refractivity contribution >= 4 is 0 Å². The van der Waals surface area contributed by atoms with Crippen molar-refractivity contribution in [2.75, 3.05) is 0 Å². The fraction of sp³-hybridized carbons (Fsp3) is 0.118. The molecule has 1 unspecified atom stereocenters. The van der Waals surface area contributed by atoms with E-state index in [4.69, 9.17) is 0 Å². The minimum Gasteiger partial charge on any atom is -0.348 e. The van der Waals surface area contributed by atoms with Gasteiger partial charge in [0.15, 0.2) is 0 Å². The van der Waals surface area contributed by atoms with Crippen LogP contribution in [0, 0.1) is 5.82 Å². The molecule has 0 aliphatic rings. The first-order chi connectivity index (χ1) is 10.3. The fourth-order valence-electron chi connectivity index (χ4n) is 2.35. The Labute approximate surface area is 122 Å². The molecule has 0 saturated heterocycles. The van der Waals surface area contributed by atoms with E-state index in [1.165, 1.54) is 6.07 Å². The third-order valence-corrected chi connectivity index (χ3v) is 3.34. The molecule has 3 nitrogen and oxygen atoms in total. The lowest BCUT2D eigenvalue weighted by molar-refractivity contribution is 0.579. The van der Waals surface area contributed by atoms with Crippen LogP contribution in [0.5, 0.6) is 0 Å². The van der Waals surface area contributed by atoms with Crippen LogP contribution in [0.15, 0.2) is 67.0 Å². The Kier molecular flexibility index (Phi) is 4.07. The highest BCUT2D eigenvalue weighted by Crippen LogP contribution is 2.22. The molecule has 0 amide bonds. The van der Waals surface area contributed by atoms with Gasteiger partial charge in [0.25, 0.3) is 0 Å². The number of H-pyrrole nitrogens is 1. The summed E-state index contributed by atoms with van der Waals surface area (Å²) in [5.74, 6) is 0.626. The van der Waals surface area contributed by atoms with Crippen LogP contribution in [-0.2, 0) is 6.54 Å². The van der Waals surface area contributed by atoms with Crippen LogP contribution in [0.1, 0.15) is 23.0 Å². The van der Waals surface area contributed by atoms with Crippen LogP contribution in [0.2, 0.25) is 0 Å². The Bertz CT molecular complexity index is 680. The van der Waals surface area contributed by atoms with Crippen LogP contribution in [0.3, 0.4) is 0 Å². The predicted octanol–water partition coefficient (Wildman–Crippen LogP) is 3.43. The number of rotatable bonds is 5. The van der Waals surface area contributed by atoms with Crippen LogP contribution in [0.4, 0.5) is 4.39 Å². The number of halogens is 1. The van der Waals surface area contributed by atoms with Crippen LogP contribution in [0.25, 0.3) is 0 Å². The van der Waals surface area contributed by atoms with Crippen molar-refractivity contribution < 1.29 is 4.39 Å². The molecule has 0 fully saturated rings. The van der Waals surface area contributed by atoms with E-state index in [2.05, 4.69) is 15.3 Å². The second-order valence-electron chi connectivity index (χ2n) is 4.82. The van der Waals surface area contributed by atoms with E-state index in [-0.39, 0.29) is 11.9 Å². The summed E-state index contributed by atoms with van der Waals surface area (Å²) in [6.07, 6.45) is 3.51. The first-order valence-electron chi connectivity index (χ1n) is 6.85. The molecule has 0 radical (unpaired) electrons. The largest absolute Gasteiger partial charge is 0.348 e. The van der Waals surface area contributed by atoms with Gasteiger partial charge >= 0.3 is 0 Å². The highest BCUT2D eigenvalue weighted by atomic mass is 19.1. The maximum Gasteiger partial charge on any atom is 0.123 e. The molecule has 1 aromatic heterocycles. The highest BCUT2D eigenvalue weighted by molar-refractivity contribution is 5.32. The second kappa shape index (κ2) is 6.33. The van der Waals surface area contributed by atoms with E-state index in [9.17, 15) is 4.39 Å². The molecule has 0 saturated carbocycles. The summed E-state index contributed by atoms with van der Waals surface area (Å²) >= 11 is 0. The number of hydrogen-bond donors (Lipinski definition) is 2. The first kappa shape index (κ1) is 13.5. The van der Waals surface area contributed by atoms with E-state index in [0.29, 0.717) is 6.54 Å². The van der Waals surface area contributed by atoms with E-state index in [0.717, 1.165) is 17.0 Å². The van der Waals surface area contributed by atoms with Crippen molar-refractivity contribution in [1.82, 2.24) is 15.3 Å². The molecule has 4 heteroatoms. The number of hydrogen-bond acceptors (Lipinski definition) is 2. The monoisotopic (exact) mass is 281 g/mol. The van der Waals surface area contributed by atoms with Crippen molar-refractivity contribution in [2.45, 2.75) is 12.6 Å². The molecular weight excluding hydrogens is 265 g/mol. The third kappa shape index (κ3) is 3.35. The Morgan fingerprint density at radius 3 is 2.57 bits per heavy atom. The number of nitrogens with one attached hydrogen (secondary N) is 2. The smallest absolute Gasteiger partial charge is 0.123 e. The molecule has 1 atom stereocenters. The number of imidazole rings is 1. The molecule has 1 heterocycles. The van der Waals surface area contributed by atoms with E-state index in [1.54, 1.807) is 24.5 Å². The highest BCUT2D eigenvalue weighted by Gasteiger charge is 2.14. The number of benzene rings is 2. The van der Waals surface area contributed by atoms with Crippen molar-refractivity contribution in [3.63, 3.8) is 0 Å². The minimum absolute atomic E-state index is 0.0769. The molecule has 2 aromatic carbocycles. The lowest BCUT2D eigenvalue weighted by Crippen LogP contribution is -2.22. The third-order valence-electron chi connectivity index (χ3n) is 3.34. The molecule has 2 N–H and O–H groups in total. The Hall–Kier alpha value is -2.46. The predicted molar refractivity (Wildman–Crippen MR) is 80.1 cm³/mol. The molecule has 0 spiro atoms. The van der Waals surface area contributed by atoms with Gasteiger partial charge in [0.05, 0.1) is 12.6 Å². The summed E-state index contributed by atoms with van der Waals surface area (Å²) in [4.78, 5) is 7.26. The average molecular weight is 281 g/mol. The van der Waals surface area contributed by atoms with Crippen LogP contribution < -0.4 is 5.32 Å².